The molecule has 0 radical (unpaired) electrons. The SMILES string of the molecule is c1ccc2c(c1)sc1ccc3sc4ccc5c6ccccc6c6nccn6c5c4c3c12. The molecule has 4 aromatic carbocycles. The minimum atomic E-state index is 1.03. The fourth-order valence-electron chi connectivity index (χ4n) is 5.21. The number of nitrogens with zero attached hydrogens (tertiary/aromatic N) is 2. The van der Waals surface area contributed by atoms with E-state index in [9.17, 15) is 0 Å². The van der Waals surface area contributed by atoms with Gasteiger partial charge in [-0.15, -0.1) is 22.7 Å². The molecule has 8 aromatic rings. The average molecular weight is 431 g/mol. The van der Waals surface area contributed by atoms with Gasteiger partial charge in [-0.2, -0.15) is 0 Å². The standard InChI is InChI=1S/C27H14N2S2/c1-2-6-17-15(5-1)16-9-10-22-25(26(16)29-14-13-28-27(17)29)24-21(31-22)12-11-20-23(24)18-7-3-4-8-19(18)30-20/h1-14H. The first-order valence-corrected chi connectivity index (χ1v) is 11.9. The fraction of sp³-hybridized carbons (Fsp3) is 0. The number of thiophene rings is 2. The molecule has 0 N–H and O–H groups in total. The zero-order valence-electron chi connectivity index (χ0n) is 16.3. The molecule has 4 aromatic heterocycles. The Balaban J connectivity index is 1.77. The highest BCUT2D eigenvalue weighted by Gasteiger charge is 2.18. The van der Waals surface area contributed by atoms with Crippen LogP contribution in [-0.2, 0) is 0 Å². The van der Waals surface area contributed by atoms with E-state index >= 15 is 0 Å². The van der Waals surface area contributed by atoms with Crippen LogP contribution >= 0.6 is 22.7 Å². The Morgan fingerprint density at radius 3 is 2.13 bits per heavy atom. The zero-order chi connectivity index (χ0) is 20.1. The molecule has 4 heterocycles. The fourth-order valence-corrected chi connectivity index (χ4v) is 7.44. The van der Waals surface area contributed by atoms with E-state index < -0.39 is 0 Å². The van der Waals surface area contributed by atoms with Crippen LogP contribution in [0.4, 0.5) is 0 Å². The van der Waals surface area contributed by atoms with Crippen molar-refractivity contribution < 1.29 is 0 Å². The van der Waals surface area contributed by atoms with Crippen molar-refractivity contribution in [2.75, 3.05) is 0 Å². The smallest absolute Gasteiger partial charge is 0.145 e. The van der Waals surface area contributed by atoms with Crippen molar-refractivity contribution >= 4 is 90.3 Å². The van der Waals surface area contributed by atoms with E-state index in [1.165, 1.54) is 62.0 Å². The van der Waals surface area contributed by atoms with Crippen LogP contribution in [0.15, 0.2) is 85.2 Å². The number of benzene rings is 4. The average Bonchev–Trinajstić information content (AvgIpc) is 3.53. The molecule has 8 rings (SSSR count). The molecule has 0 aliphatic rings. The summed E-state index contributed by atoms with van der Waals surface area (Å²) in [6.45, 7) is 0. The quantitative estimate of drug-likeness (QED) is 0.221. The molecule has 0 unspecified atom stereocenters. The predicted octanol–water partition coefficient (Wildman–Crippen LogP) is 8.38. The maximum Gasteiger partial charge on any atom is 0.145 e. The second-order valence-electron chi connectivity index (χ2n) is 8.01. The van der Waals surface area contributed by atoms with Crippen molar-refractivity contribution in [2.45, 2.75) is 0 Å². The number of hydrogen-bond donors (Lipinski definition) is 0. The molecule has 0 aliphatic carbocycles. The monoisotopic (exact) mass is 430 g/mol. The van der Waals surface area contributed by atoms with Gasteiger partial charge in [0.25, 0.3) is 0 Å². The molecule has 0 saturated heterocycles. The second-order valence-corrected chi connectivity index (χ2v) is 10.2. The van der Waals surface area contributed by atoms with Crippen molar-refractivity contribution in [3.63, 3.8) is 0 Å². The minimum absolute atomic E-state index is 1.03. The number of hydrogen-bond acceptors (Lipinski definition) is 3. The Hall–Kier alpha value is -3.47. The van der Waals surface area contributed by atoms with Crippen LogP contribution in [0.2, 0.25) is 0 Å². The normalized spacial score (nSPS) is 12.5. The van der Waals surface area contributed by atoms with Crippen LogP contribution in [0.5, 0.6) is 0 Å². The summed E-state index contributed by atoms with van der Waals surface area (Å²) in [6.07, 6.45) is 4.03. The lowest BCUT2D eigenvalue weighted by Crippen LogP contribution is -1.91. The summed E-state index contributed by atoms with van der Waals surface area (Å²) in [5, 5.41) is 9.21. The van der Waals surface area contributed by atoms with Crippen molar-refractivity contribution in [3.8, 4) is 0 Å². The number of pyridine rings is 1. The first-order chi connectivity index (χ1) is 15.4. The van der Waals surface area contributed by atoms with Gasteiger partial charge in [-0.05, 0) is 29.7 Å². The molecule has 0 atom stereocenters. The van der Waals surface area contributed by atoms with Gasteiger partial charge in [0.05, 0.1) is 5.52 Å². The molecule has 0 aliphatic heterocycles. The van der Waals surface area contributed by atoms with Gasteiger partial charge in [0.2, 0.25) is 0 Å². The first-order valence-electron chi connectivity index (χ1n) is 10.3. The Bertz CT molecular complexity index is 2000. The van der Waals surface area contributed by atoms with Crippen LogP contribution in [0.3, 0.4) is 0 Å². The van der Waals surface area contributed by atoms with E-state index in [2.05, 4.69) is 83.4 Å². The lowest BCUT2D eigenvalue weighted by atomic mass is 10.0. The highest BCUT2D eigenvalue weighted by molar-refractivity contribution is 7.28. The van der Waals surface area contributed by atoms with Crippen molar-refractivity contribution in [1.82, 2.24) is 9.38 Å². The number of fused-ring (bicyclic) bond motifs is 14. The van der Waals surface area contributed by atoms with E-state index in [1.807, 2.05) is 28.9 Å². The Labute approximate surface area is 184 Å². The van der Waals surface area contributed by atoms with Crippen molar-refractivity contribution in [3.05, 3.63) is 85.2 Å². The van der Waals surface area contributed by atoms with Gasteiger partial charge >= 0.3 is 0 Å². The summed E-state index contributed by atoms with van der Waals surface area (Å²) in [6, 6.07) is 26.6. The van der Waals surface area contributed by atoms with Gasteiger partial charge in [0.1, 0.15) is 5.65 Å². The molecular weight excluding hydrogens is 416 g/mol. The second kappa shape index (κ2) is 5.61. The van der Waals surface area contributed by atoms with Gasteiger partial charge in [0, 0.05) is 63.5 Å². The van der Waals surface area contributed by atoms with Gasteiger partial charge in [-0.1, -0.05) is 48.5 Å². The van der Waals surface area contributed by atoms with Gasteiger partial charge in [-0.25, -0.2) is 4.98 Å². The Morgan fingerprint density at radius 2 is 1.23 bits per heavy atom. The third-order valence-corrected chi connectivity index (χ3v) is 8.71. The van der Waals surface area contributed by atoms with Crippen LogP contribution in [0, 0.1) is 0 Å². The summed E-state index contributed by atoms with van der Waals surface area (Å²) in [7, 11) is 0. The van der Waals surface area contributed by atoms with Crippen LogP contribution < -0.4 is 0 Å². The molecule has 0 amide bonds. The maximum atomic E-state index is 4.74. The summed E-state index contributed by atoms with van der Waals surface area (Å²) in [5.74, 6) is 0. The van der Waals surface area contributed by atoms with E-state index in [0.717, 1.165) is 5.65 Å². The van der Waals surface area contributed by atoms with Gasteiger partial charge in [-0.3, -0.25) is 4.40 Å². The third-order valence-electron chi connectivity index (χ3n) is 6.45. The van der Waals surface area contributed by atoms with E-state index in [1.54, 1.807) is 0 Å². The highest BCUT2D eigenvalue weighted by atomic mass is 32.1. The molecule has 0 fully saturated rings. The molecule has 4 heteroatoms. The summed E-state index contributed by atoms with van der Waals surface area (Å²) < 4.78 is 7.67. The largest absolute Gasteiger partial charge is 0.298 e. The van der Waals surface area contributed by atoms with Crippen molar-refractivity contribution in [1.29, 1.82) is 0 Å². The van der Waals surface area contributed by atoms with E-state index in [0.29, 0.717) is 0 Å². The molecule has 0 bridgehead atoms. The number of imidazole rings is 1. The Kier molecular flexibility index (Phi) is 2.94. The minimum Gasteiger partial charge on any atom is -0.298 e. The van der Waals surface area contributed by atoms with Crippen LogP contribution in [0.1, 0.15) is 0 Å². The lowest BCUT2D eigenvalue weighted by Gasteiger charge is -2.10. The van der Waals surface area contributed by atoms with Crippen LogP contribution in [-0.4, -0.2) is 9.38 Å². The van der Waals surface area contributed by atoms with E-state index in [-0.39, 0.29) is 0 Å². The van der Waals surface area contributed by atoms with Gasteiger partial charge in [0.15, 0.2) is 0 Å². The third kappa shape index (κ3) is 1.95. The predicted molar refractivity (Wildman–Crippen MR) is 136 cm³/mol. The molecule has 2 nitrogen and oxygen atoms in total. The lowest BCUT2D eigenvalue weighted by molar-refractivity contribution is 1.28. The summed E-state index contributed by atoms with van der Waals surface area (Å²) in [4.78, 5) is 4.74. The summed E-state index contributed by atoms with van der Waals surface area (Å²) in [5.41, 5.74) is 2.29. The van der Waals surface area contributed by atoms with Gasteiger partial charge < -0.3 is 0 Å². The number of aromatic nitrogens is 2. The maximum absolute atomic E-state index is 4.74. The summed E-state index contributed by atoms with van der Waals surface area (Å²) >= 11 is 3.78. The molecule has 0 saturated carbocycles. The molecule has 144 valence electrons. The Morgan fingerprint density at radius 1 is 0.548 bits per heavy atom. The molecule has 0 spiro atoms. The number of rotatable bonds is 0. The first kappa shape index (κ1) is 16.3. The molecule has 31 heavy (non-hydrogen) atoms. The topological polar surface area (TPSA) is 17.3 Å². The van der Waals surface area contributed by atoms with Crippen molar-refractivity contribution in [2.24, 2.45) is 0 Å². The highest BCUT2D eigenvalue weighted by Crippen LogP contribution is 2.47. The van der Waals surface area contributed by atoms with E-state index in [4.69, 9.17) is 4.98 Å². The zero-order valence-corrected chi connectivity index (χ0v) is 17.9. The molecular formula is C27H14N2S2. The van der Waals surface area contributed by atoms with Crippen LogP contribution in [0.25, 0.3) is 67.7 Å².